The molecule has 0 spiro atoms. The van der Waals surface area contributed by atoms with Gasteiger partial charge in [0.05, 0.1) is 0 Å². The average Bonchev–Trinajstić information content (AvgIpc) is 2.61. The number of carbonyl (C=O) groups excluding carboxylic acids is 1. The van der Waals surface area contributed by atoms with E-state index in [0.29, 0.717) is 6.54 Å². The van der Waals surface area contributed by atoms with Crippen molar-refractivity contribution in [2.24, 2.45) is 0 Å². The van der Waals surface area contributed by atoms with Gasteiger partial charge in [0.2, 0.25) is 5.91 Å². The number of hydrogen-bond acceptors (Lipinski definition) is 2. The molecule has 1 aliphatic heterocycles. The molecule has 2 aromatic carbocycles. The minimum Gasteiger partial charge on any atom is -0.351 e. The van der Waals surface area contributed by atoms with E-state index in [1.54, 1.807) is 6.08 Å². The zero-order valence-corrected chi connectivity index (χ0v) is 13.2. The number of fused-ring (bicyclic) bond motifs is 1. The molecular formula is C20H22N2O. The third-order valence-corrected chi connectivity index (χ3v) is 4.16. The Hall–Kier alpha value is -2.39. The first kappa shape index (κ1) is 15.5. The van der Waals surface area contributed by atoms with Crippen LogP contribution in [0.15, 0.2) is 60.7 Å². The Bertz CT molecular complexity index is 679. The van der Waals surface area contributed by atoms with Gasteiger partial charge in [0.15, 0.2) is 0 Å². The maximum Gasteiger partial charge on any atom is 0.244 e. The van der Waals surface area contributed by atoms with Crippen molar-refractivity contribution < 1.29 is 4.79 Å². The molecule has 0 aliphatic carbocycles. The Labute approximate surface area is 137 Å². The molecule has 0 saturated heterocycles. The Kier molecular flexibility index (Phi) is 5.22. The molecule has 0 unspecified atom stereocenters. The van der Waals surface area contributed by atoms with Crippen molar-refractivity contribution in [3.05, 3.63) is 77.4 Å². The number of hydrogen-bond donors (Lipinski definition) is 1. The minimum atomic E-state index is -0.0359. The molecule has 3 heteroatoms. The third-order valence-electron chi connectivity index (χ3n) is 4.16. The molecule has 0 aromatic heterocycles. The predicted octanol–water partition coefficient (Wildman–Crippen LogP) is 2.87. The lowest BCUT2D eigenvalue weighted by atomic mass is 10.00. The van der Waals surface area contributed by atoms with Gasteiger partial charge in [-0.05, 0) is 29.2 Å². The molecule has 0 saturated carbocycles. The van der Waals surface area contributed by atoms with Crippen molar-refractivity contribution in [2.45, 2.75) is 13.0 Å². The third kappa shape index (κ3) is 4.54. The molecule has 0 atom stereocenters. The monoisotopic (exact) mass is 306 g/mol. The van der Waals surface area contributed by atoms with Gasteiger partial charge in [-0.25, -0.2) is 0 Å². The van der Waals surface area contributed by atoms with Crippen molar-refractivity contribution in [3.8, 4) is 0 Å². The standard InChI is InChI=1S/C20H22N2O/c23-20(11-10-17-6-2-1-3-7-17)21-13-15-22-14-12-18-8-4-5-9-19(18)16-22/h1-11H,12-16H2,(H,21,23)/b11-10+. The summed E-state index contributed by atoms with van der Waals surface area (Å²) < 4.78 is 0. The van der Waals surface area contributed by atoms with Crippen LogP contribution >= 0.6 is 0 Å². The summed E-state index contributed by atoms with van der Waals surface area (Å²) >= 11 is 0. The highest BCUT2D eigenvalue weighted by atomic mass is 16.1. The van der Waals surface area contributed by atoms with Crippen LogP contribution in [0.2, 0.25) is 0 Å². The van der Waals surface area contributed by atoms with Gasteiger partial charge in [0.25, 0.3) is 0 Å². The number of nitrogens with zero attached hydrogens (tertiary/aromatic N) is 1. The van der Waals surface area contributed by atoms with E-state index < -0.39 is 0 Å². The minimum absolute atomic E-state index is 0.0359. The maximum atomic E-state index is 11.8. The van der Waals surface area contributed by atoms with Gasteiger partial charge >= 0.3 is 0 Å². The second-order valence-electron chi connectivity index (χ2n) is 5.83. The van der Waals surface area contributed by atoms with Crippen LogP contribution in [0.3, 0.4) is 0 Å². The van der Waals surface area contributed by atoms with Gasteiger partial charge in [0.1, 0.15) is 0 Å². The van der Waals surface area contributed by atoms with E-state index >= 15 is 0 Å². The van der Waals surface area contributed by atoms with Crippen LogP contribution in [0, 0.1) is 0 Å². The molecule has 1 aliphatic rings. The van der Waals surface area contributed by atoms with Gasteiger partial charge in [0, 0.05) is 32.3 Å². The van der Waals surface area contributed by atoms with Gasteiger partial charge in [-0.2, -0.15) is 0 Å². The second kappa shape index (κ2) is 7.75. The molecule has 3 rings (SSSR count). The van der Waals surface area contributed by atoms with Crippen LogP contribution in [-0.2, 0) is 17.8 Å². The summed E-state index contributed by atoms with van der Waals surface area (Å²) in [7, 11) is 0. The summed E-state index contributed by atoms with van der Waals surface area (Å²) in [4.78, 5) is 14.2. The van der Waals surface area contributed by atoms with E-state index in [0.717, 1.165) is 31.6 Å². The molecule has 1 N–H and O–H groups in total. The van der Waals surface area contributed by atoms with Crippen LogP contribution in [0.25, 0.3) is 6.08 Å². The van der Waals surface area contributed by atoms with Crippen molar-refractivity contribution in [3.63, 3.8) is 0 Å². The van der Waals surface area contributed by atoms with Crippen molar-refractivity contribution in [1.82, 2.24) is 10.2 Å². The van der Waals surface area contributed by atoms with Crippen LogP contribution in [0.5, 0.6) is 0 Å². The van der Waals surface area contributed by atoms with Gasteiger partial charge in [-0.3, -0.25) is 9.69 Å². The molecule has 0 fully saturated rings. The summed E-state index contributed by atoms with van der Waals surface area (Å²) in [6.45, 7) is 3.61. The highest BCUT2D eigenvalue weighted by Crippen LogP contribution is 2.17. The molecule has 2 aromatic rings. The Morgan fingerprint density at radius 2 is 1.78 bits per heavy atom. The molecule has 0 bridgehead atoms. The quantitative estimate of drug-likeness (QED) is 0.862. The first-order valence-electron chi connectivity index (χ1n) is 8.11. The van der Waals surface area contributed by atoms with Crippen molar-refractivity contribution in [1.29, 1.82) is 0 Å². The van der Waals surface area contributed by atoms with E-state index in [-0.39, 0.29) is 5.91 Å². The fourth-order valence-electron chi connectivity index (χ4n) is 2.88. The maximum absolute atomic E-state index is 11.8. The van der Waals surface area contributed by atoms with E-state index in [4.69, 9.17) is 0 Å². The summed E-state index contributed by atoms with van der Waals surface area (Å²) in [5.74, 6) is -0.0359. The first-order chi connectivity index (χ1) is 11.3. The average molecular weight is 306 g/mol. The molecule has 23 heavy (non-hydrogen) atoms. The van der Waals surface area contributed by atoms with E-state index in [2.05, 4.69) is 34.5 Å². The van der Waals surface area contributed by atoms with Crippen molar-refractivity contribution in [2.75, 3.05) is 19.6 Å². The molecule has 3 nitrogen and oxygen atoms in total. The van der Waals surface area contributed by atoms with Crippen LogP contribution < -0.4 is 5.32 Å². The Morgan fingerprint density at radius 3 is 2.61 bits per heavy atom. The largest absolute Gasteiger partial charge is 0.351 e. The van der Waals surface area contributed by atoms with E-state index in [9.17, 15) is 4.79 Å². The number of benzene rings is 2. The Morgan fingerprint density at radius 1 is 1.04 bits per heavy atom. The predicted molar refractivity (Wildman–Crippen MR) is 93.9 cm³/mol. The lowest BCUT2D eigenvalue weighted by Crippen LogP contribution is -2.37. The Balaban J connectivity index is 1.42. The summed E-state index contributed by atoms with van der Waals surface area (Å²) in [6, 6.07) is 18.5. The highest BCUT2D eigenvalue weighted by molar-refractivity contribution is 5.91. The van der Waals surface area contributed by atoms with Crippen LogP contribution in [-0.4, -0.2) is 30.4 Å². The SMILES string of the molecule is O=C(/C=C/c1ccccc1)NCCN1CCc2ccccc2C1. The normalized spacial score (nSPS) is 14.6. The molecule has 1 heterocycles. The number of nitrogens with one attached hydrogen (secondary N) is 1. The zero-order valence-electron chi connectivity index (χ0n) is 13.2. The fourth-order valence-corrected chi connectivity index (χ4v) is 2.88. The zero-order chi connectivity index (χ0) is 15.9. The van der Waals surface area contributed by atoms with Gasteiger partial charge in [-0.15, -0.1) is 0 Å². The first-order valence-corrected chi connectivity index (χ1v) is 8.11. The summed E-state index contributed by atoms with van der Waals surface area (Å²) in [5, 5.41) is 2.96. The van der Waals surface area contributed by atoms with E-state index in [1.807, 2.05) is 36.4 Å². The summed E-state index contributed by atoms with van der Waals surface area (Å²) in [5.41, 5.74) is 3.91. The smallest absolute Gasteiger partial charge is 0.244 e. The van der Waals surface area contributed by atoms with Crippen molar-refractivity contribution >= 4 is 12.0 Å². The molecular weight excluding hydrogens is 284 g/mol. The topological polar surface area (TPSA) is 32.3 Å². The highest BCUT2D eigenvalue weighted by Gasteiger charge is 2.14. The molecule has 0 radical (unpaired) electrons. The lowest BCUT2D eigenvalue weighted by Gasteiger charge is -2.28. The van der Waals surface area contributed by atoms with Gasteiger partial charge < -0.3 is 5.32 Å². The molecule has 118 valence electrons. The van der Waals surface area contributed by atoms with E-state index in [1.165, 1.54) is 11.1 Å². The van der Waals surface area contributed by atoms with Crippen LogP contribution in [0.4, 0.5) is 0 Å². The van der Waals surface area contributed by atoms with Crippen LogP contribution in [0.1, 0.15) is 16.7 Å². The number of rotatable bonds is 5. The second-order valence-corrected chi connectivity index (χ2v) is 5.83. The summed E-state index contributed by atoms with van der Waals surface area (Å²) in [6.07, 6.45) is 4.53. The van der Waals surface area contributed by atoms with Gasteiger partial charge in [-0.1, -0.05) is 54.6 Å². The lowest BCUT2D eigenvalue weighted by molar-refractivity contribution is -0.116. The number of amides is 1. The molecule has 1 amide bonds. The fraction of sp³-hybridized carbons (Fsp3) is 0.250. The number of carbonyl (C=O) groups is 1.